The molecule has 0 aliphatic carbocycles. The van der Waals surface area contributed by atoms with Crippen molar-refractivity contribution in [2.45, 2.75) is 30.5 Å². The van der Waals surface area contributed by atoms with E-state index in [1.54, 1.807) is 25.4 Å². The summed E-state index contributed by atoms with van der Waals surface area (Å²) in [7, 11) is -4.14. The Balaban J connectivity index is 1.90. The van der Waals surface area contributed by atoms with Crippen LogP contribution in [-0.4, -0.2) is 13.4 Å². The van der Waals surface area contributed by atoms with Crippen LogP contribution in [0, 0.1) is 0 Å². The van der Waals surface area contributed by atoms with Crippen LogP contribution in [-0.2, 0) is 16.2 Å². The summed E-state index contributed by atoms with van der Waals surface area (Å²) in [5, 5.41) is 0. The zero-order chi connectivity index (χ0) is 21.1. The van der Waals surface area contributed by atoms with Crippen molar-refractivity contribution in [2.75, 3.05) is 0 Å². The minimum atomic E-state index is -4.62. The number of pyridine rings is 1. The van der Waals surface area contributed by atoms with Gasteiger partial charge in [0, 0.05) is 18.4 Å². The zero-order valence-electron chi connectivity index (χ0n) is 15.5. The van der Waals surface area contributed by atoms with Gasteiger partial charge in [-0.15, -0.1) is 0 Å². The lowest BCUT2D eigenvalue weighted by Gasteiger charge is -2.19. The Morgan fingerprint density at radius 1 is 0.966 bits per heavy atom. The summed E-state index contributed by atoms with van der Waals surface area (Å²) in [6.07, 6.45) is -0.863. The average Bonchev–Trinajstić information content (AvgIpc) is 2.72. The Kier molecular flexibility index (Phi) is 6.04. The van der Waals surface area contributed by atoms with Crippen LogP contribution < -0.4 is 4.72 Å². The van der Waals surface area contributed by atoms with E-state index >= 15 is 0 Å². The number of benzene rings is 2. The lowest BCUT2D eigenvalue weighted by molar-refractivity contribution is -0.137. The van der Waals surface area contributed by atoms with Crippen LogP contribution in [0.25, 0.3) is 11.1 Å². The maximum atomic E-state index is 12.9. The first-order valence-electron chi connectivity index (χ1n) is 8.90. The van der Waals surface area contributed by atoms with Crippen LogP contribution in [0.3, 0.4) is 0 Å². The molecule has 1 atom stereocenters. The van der Waals surface area contributed by atoms with Gasteiger partial charge < -0.3 is 0 Å². The second kappa shape index (κ2) is 8.34. The zero-order valence-corrected chi connectivity index (χ0v) is 16.3. The molecule has 29 heavy (non-hydrogen) atoms. The first-order valence-corrected chi connectivity index (χ1v) is 10.4. The molecule has 8 heteroatoms. The Hall–Kier alpha value is -2.71. The summed E-state index contributed by atoms with van der Waals surface area (Å²) in [6.45, 7) is 1.80. The van der Waals surface area contributed by atoms with E-state index in [1.165, 1.54) is 0 Å². The fourth-order valence-corrected chi connectivity index (χ4v) is 4.31. The predicted molar refractivity (Wildman–Crippen MR) is 104 cm³/mol. The second-order valence-electron chi connectivity index (χ2n) is 6.47. The van der Waals surface area contributed by atoms with Crippen molar-refractivity contribution in [3.8, 4) is 11.1 Å². The summed E-state index contributed by atoms with van der Waals surface area (Å²) >= 11 is 0. The van der Waals surface area contributed by atoms with Gasteiger partial charge in [-0.1, -0.05) is 31.2 Å². The largest absolute Gasteiger partial charge is 0.416 e. The number of sulfonamides is 1. The highest BCUT2D eigenvalue weighted by atomic mass is 32.2. The van der Waals surface area contributed by atoms with Crippen molar-refractivity contribution < 1.29 is 21.6 Å². The Bertz CT molecular complexity index is 1080. The summed E-state index contributed by atoms with van der Waals surface area (Å²) in [5.41, 5.74) is 1.53. The molecule has 0 fully saturated rings. The van der Waals surface area contributed by atoms with Gasteiger partial charge >= 0.3 is 6.18 Å². The molecule has 0 aliphatic rings. The molecule has 1 unspecified atom stereocenters. The molecule has 0 aliphatic heterocycles. The summed E-state index contributed by atoms with van der Waals surface area (Å²) in [4.78, 5) is 3.56. The van der Waals surface area contributed by atoms with Crippen molar-refractivity contribution >= 4 is 10.0 Å². The minimum Gasteiger partial charge on any atom is -0.265 e. The van der Waals surface area contributed by atoms with Crippen molar-refractivity contribution in [1.29, 1.82) is 0 Å². The Morgan fingerprint density at radius 3 is 2.31 bits per heavy atom. The van der Waals surface area contributed by atoms with Crippen molar-refractivity contribution in [3.63, 3.8) is 0 Å². The number of halogens is 3. The average molecular weight is 420 g/mol. The lowest BCUT2D eigenvalue weighted by Crippen LogP contribution is -2.28. The number of hydrogen-bond donors (Lipinski definition) is 1. The third kappa shape index (κ3) is 5.02. The van der Waals surface area contributed by atoms with Crippen LogP contribution >= 0.6 is 0 Å². The Morgan fingerprint density at radius 2 is 1.66 bits per heavy atom. The topological polar surface area (TPSA) is 59.1 Å². The number of alkyl halides is 3. The van der Waals surface area contributed by atoms with Crippen molar-refractivity contribution in [2.24, 2.45) is 0 Å². The Labute approximate surface area is 167 Å². The monoisotopic (exact) mass is 420 g/mol. The maximum Gasteiger partial charge on any atom is 0.416 e. The molecule has 1 heterocycles. The molecule has 3 aromatic rings. The number of hydrogen-bond acceptors (Lipinski definition) is 3. The molecular weight excluding hydrogens is 401 g/mol. The van der Waals surface area contributed by atoms with Gasteiger partial charge in [0.15, 0.2) is 0 Å². The van der Waals surface area contributed by atoms with Crippen LogP contribution in [0.4, 0.5) is 13.2 Å². The van der Waals surface area contributed by atoms with Gasteiger partial charge in [-0.05, 0) is 59.5 Å². The molecule has 0 bridgehead atoms. The summed E-state index contributed by atoms with van der Waals surface area (Å²) in [5.74, 6) is 0. The normalized spacial score (nSPS) is 13.2. The fourth-order valence-electron chi connectivity index (χ4n) is 2.96. The van der Waals surface area contributed by atoms with Gasteiger partial charge in [0.05, 0.1) is 10.5 Å². The highest BCUT2D eigenvalue weighted by Gasteiger charge is 2.32. The summed E-state index contributed by atoms with van der Waals surface area (Å²) in [6, 6.07) is 14.2. The lowest BCUT2D eigenvalue weighted by atomic mass is 9.99. The van der Waals surface area contributed by atoms with Gasteiger partial charge in [0.2, 0.25) is 10.0 Å². The first-order chi connectivity index (χ1) is 13.7. The molecule has 152 valence electrons. The number of rotatable bonds is 6. The van der Waals surface area contributed by atoms with E-state index in [9.17, 15) is 21.6 Å². The molecule has 2 aromatic carbocycles. The molecule has 0 saturated carbocycles. The van der Waals surface area contributed by atoms with E-state index in [-0.39, 0.29) is 0 Å². The first kappa shape index (κ1) is 21.0. The second-order valence-corrected chi connectivity index (χ2v) is 8.18. The van der Waals surface area contributed by atoms with Gasteiger partial charge in [-0.2, -0.15) is 13.2 Å². The number of nitrogens with zero attached hydrogens (tertiary/aromatic N) is 1. The predicted octanol–water partition coefficient (Wildman–Crippen LogP) is 5.20. The highest BCUT2D eigenvalue weighted by molar-refractivity contribution is 7.89. The summed E-state index contributed by atoms with van der Waals surface area (Å²) < 4.78 is 66.8. The third-order valence-corrected chi connectivity index (χ3v) is 5.95. The molecule has 0 radical (unpaired) electrons. The van der Waals surface area contributed by atoms with Crippen molar-refractivity contribution in [1.82, 2.24) is 9.71 Å². The quantitative estimate of drug-likeness (QED) is 0.597. The van der Waals surface area contributed by atoms with Gasteiger partial charge in [-0.3, -0.25) is 4.98 Å². The van der Waals surface area contributed by atoms with E-state index in [2.05, 4.69) is 9.71 Å². The van der Waals surface area contributed by atoms with Crippen LogP contribution in [0.15, 0.2) is 78.0 Å². The van der Waals surface area contributed by atoms with E-state index in [0.717, 1.165) is 34.9 Å². The van der Waals surface area contributed by atoms with Crippen LogP contribution in [0.5, 0.6) is 0 Å². The molecule has 1 N–H and O–H groups in total. The standard InChI is InChI=1S/C21H19F3N2O2S/c1-2-20(17-6-3-5-16(13-17)15-9-11-25-12-10-15)26-29(27,28)19-8-4-7-18(14-19)21(22,23)24/h3-14,20,26H,2H2,1H3. The van der Waals surface area contributed by atoms with Gasteiger partial charge in [0.25, 0.3) is 0 Å². The van der Waals surface area contributed by atoms with Crippen LogP contribution in [0.2, 0.25) is 0 Å². The third-order valence-electron chi connectivity index (χ3n) is 4.48. The molecule has 1 aromatic heterocycles. The number of nitrogens with one attached hydrogen (secondary N) is 1. The minimum absolute atomic E-state index is 0.420. The smallest absolute Gasteiger partial charge is 0.265 e. The number of aromatic nitrogens is 1. The van der Waals surface area contributed by atoms with E-state index in [0.29, 0.717) is 12.5 Å². The van der Waals surface area contributed by atoms with E-state index < -0.39 is 32.7 Å². The van der Waals surface area contributed by atoms with Gasteiger partial charge in [0.1, 0.15) is 0 Å². The maximum absolute atomic E-state index is 12.9. The molecule has 0 saturated heterocycles. The van der Waals surface area contributed by atoms with Crippen LogP contribution in [0.1, 0.15) is 30.5 Å². The van der Waals surface area contributed by atoms with Gasteiger partial charge in [-0.25, -0.2) is 13.1 Å². The molecule has 0 amide bonds. The molecular formula is C21H19F3N2O2S. The van der Waals surface area contributed by atoms with E-state index in [1.807, 2.05) is 30.3 Å². The highest BCUT2D eigenvalue weighted by Crippen LogP contribution is 2.31. The fraction of sp³-hybridized carbons (Fsp3) is 0.190. The molecule has 3 rings (SSSR count). The molecule has 4 nitrogen and oxygen atoms in total. The van der Waals surface area contributed by atoms with E-state index in [4.69, 9.17) is 0 Å². The SMILES string of the molecule is CCC(NS(=O)(=O)c1cccc(C(F)(F)F)c1)c1cccc(-c2ccncc2)c1. The molecule has 0 spiro atoms. The van der Waals surface area contributed by atoms with Crippen molar-refractivity contribution in [3.05, 3.63) is 84.2 Å².